The SMILES string of the molecule is CCNC1c2c3cccc2C2CC4(CCCC4)C(CC4=CCNC(N)=C4)(CN=C4NC(n5cc6cc[nH]c6c5)C5C(O)NC6CCCCC6C#CCC67Cc8ccc(O)c(c8)OC8CC(C3)CC5(N4)C8C#CC6CCC3C(OC(C)=O)CC(c4cc(O)c(O)c(OCCc5cccnc5)c4)OC37)C21. The van der Waals surface area contributed by atoms with E-state index in [0.29, 0.717) is 87.0 Å². The minimum absolute atomic E-state index is 0.0121. The standard InChI is InChI=1S/C84H98N10O9/c1-3-87-75-72-54-13-8-15-58(72)60-43-81(26-6-7-27-81)83(73(60)75,41-51-23-30-89-71(85)36-51)47-90-80-92-78(94-45-55-24-31-88-63(55)46-94)74-79(99)91-62-16-5-4-12-53(62)14-9-28-82-40-50-17-22-64(96)69(34-50)102-68-35-52(33-54)42-84(74,93-80)61(68)21-19-57(82)18-20-59-67(101-48(2)95)39-66(103-77(59)82)56-37-65(97)76(98)70(38-56)100-32-25-49-11-10-29-86-44-49/h8,10-11,13,15,17,22-24,29,31,34,36-38,44-46,52-53,57,59-62,66-68,73-75,77-79,87-89,91,96-99H,3-7,12,16,18,20,25-28,30,32-33,35,39-43,47,85H2,1-2H3,(H2,90,92,93). The Balaban J connectivity index is 0.848. The van der Waals surface area contributed by atoms with Crippen LogP contribution in [0.3, 0.4) is 0 Å². The highest BCUT2D eigenvalue weighted by Gasteiger charge is 2.69. The molecule has 0 amide bonds. The number of aliphatic imine (C=N–C) groups is 1. The summed E-state index contributed by atoms with van der Waals surface area (Å²) in [5, 5.41) is 71.0. The lowest BCUT2D eigenvalue weighted by Crippen LogP contribution is -2.76. The topological polar surface area (TPSA) is 267 Å². The number of rotatable bonds is 11. The number of hydrogen-bond donors (Lipinski definition) is 11. The number of nitrogens with one attached hydrogen (secondary N) is 6. The van der Waals surface area contributed by atoms with Gasteiger partial charge in [0, 0.05) is 116 Å². The summed E-state index contributed by atoms with van der Waals surface area (Å²) in [7, 11) is 0. The van der Waals surface area contributed by atoms with Crippen LogP contribution in [0.25, 0.3) is 10.9 Å². The second kappa shape index (κ2) is 26.2. The second-order valence-electron chi connectivity index (χ2n) is 32.7. The van der Waals surface area contributed by atoms with Gasteiger partial charge in [-0.2, -0.15) is 0 Å². The number of phenols is 3. The summed E-state index contributed by atoms with van der Waals surface area (Å²) in [5.41, 5.74) is 13.4. The molecule has 3 aromatic heterocycles. The predicted molar refractivity (Wildman–Crippen MR) is 391 cm³/mol. The van der Waals surface area contributed by atoms with Crippen molar-refractivity contribution in [2.75, 3.05) is 26.2 Å². The zero-order valence-corrected chi connectivity index (χ0v) is 59.1. The first-order chi connectivity index (χ1) is 50.2. The van der Waals surface area contributed by atoms with E-state index in [1.807, 2.05) is 30.5 Å². The highest BCUT2D eigenvalue weighted by atomic mass is 16.6. The molecule has 12 aliphatic rings. The number of dihydropyridines is 1. The van der Waals surface area contributed by atoms with E-state index in [9.17, 15) is 25.2 Å². The number of aliphatic hydroxyl groups is 1. The van der Waals surface area contributed by atoms with E-state index in [1.165, 1.54) is 48.1 Å². The van der Waals surface area contributed by atoms with Crippen LogP contribution in [0.4, 0.5) is 0 Å². The van der Waals surface area contributed by atoms with Crippen molar-refractivity contribution in [3.8, 4) is 52.4 Å². The Labute approximate surface area is 603 Å². The van der Waals surface area contributed by atoms with Crippen molar-refractivity contribution in [1.82, 2.24) is 41.1 Å². The van der Waals surface area contributed by atoms with Crippen molar-refractivity contribution in [3.05, 3.63) is 155 Å². The van der Waals surface area contributed by atoms with Gasteiger partial charge in [0.05, 0.1) is 47.5 Å². The molecule has 6 aliphatic heterocycles. The third-order valence-electron chi connectivity index (χ3n) is 27.2. The number of guanidine groups is 1. The van der Waals surface area contributed by atoms with Crippen LogP contribution in [0.5, 0.6) is 28.7 Å². The zero-order valence-electron chi connectivity index (χ0n) is 59.1. The van der Waals surface area contributed by atoms with Crippen LogP contribution in [-0.4, -0.2) is 109 Å². The van der Waals surface area contributed by atoms with Gasteiger partial charge in [-0.1, -0.05) is 86.8 Å². The molecule has 0 radical (unpaired) electrons. The summed E-state index contributed by atoms with van der Waals surface area (Å²) in [5.74, 6) is 15.3. The first-order valence-electron chi connectivity index (χ1n) is 38.5. The number of carbonyl (C=O) groups excluding carboxylic acids is 1. The fourth-order valence-electron chi connectivity index (χ4n) is 23.1. The smallest absolute Gasteiger partial charge is 0.302 e. The number of nitrogens with zero attached hydrogens (tertiary/aromatic N) is 3. The average molecular weight is 1390 g/mol. The highest BCUT2D eigenvalue weighted by Crippen LogP contribution is 2.75. The van der Waals surface area contributed by atoms with Crippen LogP contribution in [0, 0.1) is 81.4 Å². The number of aromatic hydroxyl groups is 3. The summed E-state index contributed by atoms with van der Waals surface area (Å²) in [6.45, 7) is 5.97. The number of phenolic OH excluding ortho intramolecular Hbond substituents is 3. The predicted octanol–water partition coefficient (Wildman–Crippen LogP) is 11.2. The number of aliphatic hydroxyl groups excluding tert-OH is 1. The van der Waals surface area contributed by atoms with E-state index >= 15 is 0 Å². The molecule has 2 saturated heterocycles. The Bertz CT molecular complexity index is 4470. The lowest BCUT2D eigenvalue weighted by atomic mass is 9.55. The molecule has 103 heavy (non-hydrogen) atoms. The lowest BCUT2D eigenvalue weighted by Gasteiger charge is -2.59. The molecule has 3 aromatic carbocycles. The molecule has 19 heteroatoms. The molecule has 19 nitrogen and oxygen atoms in total. The first-order valence-corrected chi connectivity index (χ1v) is 38.5. The number of esters is 1. The number of carbonyl (C=O) groups is 1. The maximum Gasteiger partial charge on any atom is 0.302 e. The van der Waals surface area contributed by atoms with Crippen LogP contribution in [0.1, 0.15) is 174 Å². The molecule has 12 N–H and O–H groups in total. The average Bonchev–Trinajstić information content (AvgIpc) is 1.53. The number of aromatic nitrogens is 3. The van der Waals surface area contributed by atoms with Crippen LogP contribution < -0.4 is 41.8 Å². The van der Waals surface area contributed by atoms with Gasteiger partial charge in [0.2, 0.25) is 5.75 Å². The van der Waals surface area contributed by atoms with Gasteiger partial charge in [-0.15, -0.1) is 5.92 Å². The van der Waals surface area contributed by atoms with Gasteiger partial charge in [-0.25, -0.2) is 0 Å². The number of hydrogen-bond acceptors (Lipinski definition) is 17. The van der Waals surface area contributed by atoms with Gasteiger partial charge < -0.3 is 75.9 Å². The van der Waals surface area contributed by atoms with E-state index in [2.05, 4.69) is 121 Å². The molecule has 538 valence electrons. The second-order valence-corrected chi connectivity index (χ2v) is 32.7. The van der Waals surface area contributed by atoms with Crippen molar-refractivity contribution in [2.45, 2.75) is 196 Å². The number of nitrogens with two attached hydrogens (primary N) is 1. The molecule has 19 unspecified atom stereocenters. The van der Waals surface area contributed by atoms with Crippen LogP contribution in [0.15, 0.2) is 126 Å². The molecule has 6 aliphatic carbocycles. The van der Waals surface area contributed by atoms with E-state index in [-0.39, 0.29) is 88.5 Å². The van der Waals surface area contributed by atoms with Gasteiger partial charge in [0.25, 0.3) is 0 Å². The van der Waals surface area contributed by atoms with Crippen LogP contribution in [0.2, 0.25) is 0 Å². The van der Waals surface area contributed by atoms with Crippen molar-refractivity contribution in [3.63, 3.8) is 0 Å². The number of pyridine rings is 1. The highest BCUT2D eigenvalue weighted by molar-refractivity contribution is 5.83. The van der Waals surface area contributed by atoms with Gasteiger partial charge in [-0.05, 0) is 188 Å². The van der Waals surface area contributed by atoms with E-state index < -0.39 is 65.6 Å². The molecule has 2 spiro atoms. The summed E-state index contributed by atoms with van der Waals surface area (Å²) in [6, 6.07) is 22.1. The summed E-state index contributed by atoms with van der Waals surface area (Å²) in [4.78, 5) is 27.6. The fourth-order valence-corrected chi connectivity index (χ4v) is 23.1. The van der Waals surface area contributed by atoms with E-state index in [4.69, 9.17) is 29.7 Å². The number of fused-ring (bicyclic) bond motifs is 9. The minimum Gasteiger partial charge on any atom is -0.504 e. The molecular weight excluding hydrogens is 1290 g/mol. The molecule has 9 bridgehead atoms. The molecule has 5 saturated carbocycles. The van der Waals surface area contributed by atoms with Crippen molar-refractivity contribution in [2.24, 2.45) is 68.4 Å². The third kappa shape index (κ3) is 11.3. The molecule has 7 fully saturated rings. The Morgan fingerprint density at radius 3 is 2.68 bits per heavy atom. The maximum absolute atomic E-state index is 14.2. The Morgan fingerprint density at radius 1 is 0.942 bits per heavy atom. The third-order valence-corrected chi connectivity index (χ3v) is 27.2. The largest absolute Gasteiger partial charge is 0.504 e. The Kier molecular flexibility index (Phi) is 16.9. The molecule has 18 rings (SSSR count). The summed E-state index contributed by atoms with van der Waals surface area (Å²) in [6.07, 6.45) is 25.1. The van der Waals surface area contributed by atoms with Gasteiger partial charge >= 0.3 is 5.97 Å². The molecule has 6 aromatic rings. The monoisotopic (exact) mass is 1390 g/mol. The van der Waals surface area contributed by atoms with Crippen LogP contribution >= 0.6 is 0 Å². The number of allylic oxidation sites excluding steroid dienone is 2. The number of benzene rings is 3. The first kappa shape index (κ1) is 66.4. The normalized spacial score (nSPS) is 35.6. The Morgan fingerprint density at radius 2 is 1.83 bits per heavy atom. The lowest BCUT2D eigenvalue weighted by molar-refractivity contribution is -0.219. The molecular formula is C84H98N10O9. The molecule has 19 atom stereocenters. The number of ether oxygens (including phenoxy) is 4. The van der Waals surface area contributed by atoms with Gasteiger partial charge in [0.1, 0.15) is 24.6 Å². The fraction of sp³-hybridized carbons (Fsp3) is 0.536. The van der Waals surface area contributed by atoms with Gasteiger partial charge in [0.15, 0.2) is 29.0 Å². The zero-order chi connectivity index (χ0) is 69.9. The number of aromatic amines is 1. The van der Waals surface area contributed by atoms with Crippen LogP contribution in [-0.2, 0) is 33.5 Å². The van der Waals surface area contributed by atoms with Crippen molar-refractivity contribution >= 4 is 22.8 Å². The maximum atomic E-state index is 14.2. The summed E-state index contributed by atoms with van der Waals surface area (Å²) < 4.78 is 30.6. The summed E-state index contributed by atoms with van der Waals surface area (Å²) >= 11 is 0. The van der Waals surface area contributed by atoms with Gasteiger partial charge in [-0.3, -0.25) is 20.1 Å². The van der Waals surface area contributed by atoms with E-state index in [1.54, 1.807) is 24.5 Å². The molecule has 9 heterocycles. The number of H-pyrrole nitrogens is 1. The quantitative estimate of drug-likeness (QED) is 0.0327. The van der Waals surface area contributed by atoms with Crippen molar-refractivity contribution in [1.29, 1.82) is 0 Å². The van der Waals surface area contributed by atoms with Crippen molar-refractivity contribution < 1.29 is 44.2 Å². The Hall–Kier alpha value is -8.59. The van der Waals surface area contributed by atoms with E-state index in [0.717, 1.165) is 86.4 Å². The minimum atomic E-state index is -1.12.